The highest BCUT2D eigenvalue weighted by atomic mass is 16.5. The zero-order valence-electron chi connectivity index (χ0n) is 16.1. The van der Waals surface area contributed by atoms with Gasteiger partial charge in [0.05, 0.1) is 51.9 Å². The maximum Gasteiger partial charge on any atom is 0.309 e. The fraction of sp³-hybridized carbons (Fsp3) is 0.750. The van der Waals surface area contributed by atoms with Gasteiger partial charge in [-0.2, -0.15) is 0 Å². The molecule has 0 aromatic rings. The van der Waals surface area contributed by atoms with E-state index in [0.717, 1.165) is 13.2 Å². The van der Waals surface area contributed by atoms with Crippen molar-refractivity contribution in [1.82, 2.24) is 6.15 Å². The average molecular weight is 397 g/mol. The predicted molar refractivity (Wildman–Crippen MR) is 95.9 cm³/mol. The minimum Gasteiger partial charge on any atom is -0.481 e. The summed E-state index contributed by atoms with van der Waals surface area (Å²) in [6.07, 6.45) is -1.12. The smallest absolute Gasteiger partial charge is 0.309 e. The van der Waals surface area contributed by atoms with Gasteiger partial charge in [0.15, 0.2) is 0 Å². The molecule has 0 aromatic carbocycles. The second-order valence-corrected chi connectivity index (χ2v) is 5.59. The quantitative estimate of drug-likeness (QED) is 0.263. The average Bonchev–Trinajstić information content (AvgIpc) is 2.54. The Hall–Kier alpha value is -2.24. The maximum atomic E-state index is 10.7. The molecule has 11 nitrogen and oxygen atoms in total. The molecule has 0 rings (SSSR count). The molecule has 0 saturated carbocycles. The molecule has 0 heterocycles. The lowest BCUT2D eigenvalue weighted by molar-refractivity contribution is -0.926. The van der Waals surface area contributed by atoms with E-state index < -0.39 is 23.9 Å². The van der Waals surface area contributed by atoms with Gasteiger partial charge in [0.2, 0.25) is 0 Å². The summed E-state index contributed by atoms with van der Waals surface area (Å²) >= 11 is 0. The molecule has 0 amide bonds. The molecule has 0 spiro atoms. The van der Waals surface area contributed by atoms with Gasteiger partial charge in [-0.25, -0.2) is 0 Å². The Kier molecular flexibility index (Phi) is 18.8. The van der Waals surface area contributed by atoms with Gasteiger partial charge in [-0.15, -0.1) is 0 Å². The summed E-state index contributed by atoms with van der Waals surface area (Å²) in [6.45, 7) is 5.68. The highest BCUT2D eigenvalue weighted by Gasteiger charge is 2.30. The lowest BCUT2D eigenvalue weighted by Crippen LogP contribution is -2.52. The van der Waals surface area contributed by atoms with Crippen molar-refractivity contribution >= 4 is 23.9 Å². The molecule has 0 bridgehead atoms. The van der Waals surface area contributed by atoms with Gasteiger partial charge in [0.1, 0.15) is 0 Å². The third-order valence-electron chi connectivity index (χ3n) is 3.61. The van der Waals surface area contributed by atoms with Crippen LogP contribution in [0, 0.1) is 0 Å². The van der Waals surface area contributed by atoms with Crippen LogP contribution in [0.5, 0.6) is 0 Å². The molecule has 0 aliphatic carbocycles. The molecule has 0 atom stereocenters. The van der Waals surface area contributed by atoms with Crippen LogP contribution < -0.4 is 6.15 Å². The zero-order chi connectivity index (χ0) is 20.6. The summed E-state index contributed by atoms with van der Waals surface area (Å²) in [5.74, 6) is -4.39. The van der Waals surface area contributed by atoms with Crippen molar-refractivity contribution in [2.45, 2.75) is 39.5 Å². The van der Waals surface area contributed by atoms with Crippen molar-refractivity contribution in [1.29, 1.82) is 0 Å². The van der Waals surface area contributed by atoms with Crippen molar-refractivity contribution in [2.75, 3.05) is 39.4 Å². The fourth-order valence-corrected chi connectivity index (χ4v) is 2.21. The second-order valence-electron chi connectivity index (χ2n) is 5.59. The van der Waals surface area contributed by atoms with Crippen molar-refractivity contribution in [2.24, 2.45) is 0 Å². The highest BCUT2D eigenvalue weighted by Crippen LogP contribution is 2.14. The van der Waals surface area contributed by atoms with E-state index in [2.05, 4.69) is 0 Å². The number of hydrogen-bond donors (Lipinski definition) is 5. The molecule has 0 fully saturated rings. The number of ether oxygens (including phenoxy) is 1. The summed E-state index contributed by atoms with van der Waals surface area (Å²) in [5.41, 5.74) is 0. The van der Waals surface area contributed by atoms with Gasteiger partial charge >= 0.3 is 23.9 Å². The summed E-state index contributed by atoms with van der Waals surface area (Å²) in [5, 5.41) is 35.0. The second kappa shape index (κ2) is 17.2. The number of aliphatic carboxylic acids is 4. The van der Waals surface area contributed by atoms with E-state index in [1.165, 1.54) is 0 Å². The number of carboxylic acid groups (broad SMARTS) is 4. The standard InChI is InChI=1S/C12H19NO8.C4H10O.H3N/c14-9(15)1-5-13(6-2-10(16)17,7-3-11(18)19)8-4-12(20)21;1-3-5-4-2;/h1-8H2,(H3-,14,15,16,17,18,19,20,21);3-4H2,1-2H3;1H3/p+1. The first-order valence-electron chi connectivity index (χ1n) is 8.38. The monoisotopic (exact) mass is 397 g/mol. The van der Waals surface area contributed by atoms with Crippen molar-refractivity contribution in [3.8, 4) is 0 Å². The number of carbonyl (C=O) groups is 4. The molecule has 11 heteroatoms. The molecule has 0 aliphatic heterocycles. The maximum absolute atomic E-state index is 10.7. The first kappa shape index (κ1) is 29.5. The van der Waals surface area contributed by atoms with Crippen LogP contribution in [0.3, 0.4) is 0 Å². The predicted octanol–water partition coefficient (Wildman–Crippen LogP) is 0.907. The Morgan fingerprint density at radius 2 is 0.852 bits per heavy atom. The van der Waals surface area contributed by atoms with Crippen LogP contribution in [0.1, 0.15) is 39.5 Å². The van der Waals surface area contributed by atoms with Gasteiger partial charge in [-0.05, 0) is 13.8 Å². The van der Waals surface area contributed by atoms with E-state index in [1.54, 1.807) is 0 Å². The van der Waals surface area contributed by atoms with Crippen LogP contribution in [0.25, 0.3) is 0 Å². The first-order chi connectivity index (χ1) is 12.1. The van der Waals surface area contributed by atoms with Crippen LogP contribution in [-0.4, -0.2) is 88.2 Å². The van der Waals surface area contributed by atoms with Gasteiger partial charge < -0.3 is 35.8 Å². The molecular formula is C16H33N2O9+. The summed E-state index contributed by atoms with van der Waals surface area (Å²) in [7, 11) is 0. The van der Waals surface area contributed by atoms with E-state index in [-0.39, 0.29) is 62.5 Å². The summed E-state index contributed by atoms with van der Waals surface area (Å²) in [6, 6.07) is 0. The van der Waals surface area contributed by atoms with Crippen molar-refractivity contribution in [3.05, 3.63) is 0 Å². The van der Waals surface area contributed by atoms with E-state index in [9.17, 15) is 19.2 Å². The third kappa shape index (κ3) is 19.9. The molecule has 7 N–H and O–H groups in total. The Morgan fingerprint density at radius 3 is 0.963 bits per heavy atom. The normalized spacial score (nSPS) is 10.1. The molecule has 0 saturated heterocycles. The van der Waals surface area contributed by atoms with E-state index >= 15 is 0 Å². The zero-order valence-corrected chi connectivity index (χ0v) is 16.1. The van der Waals surface area contributed by atoms with E-state index in [4.69, 9.17) is 25.2 Å². The molecule has 0 aliphatic rings. The van der Waals surface area contributed by atoms with Gasteiger partial charge in [0.25, 0.3) is 0 Å². The van der Waals surface area contributed by atoms with E-state index in [1.807, 2.05) is 13.8 Å². The van der Waals surface area contributed by atoms with Crippen LogP contribution in [-0.2, 0) is 23.9 Å². The number of carboxylic acids is 4. The van der Waals surface area contributed by atoms with Gasteiger partial charge in [-0.1, -0.05) is 0 Å². The summed E-state index contributed by atoms with van der Waals surface area (Å²) in [4.78, 5) is 42.8. The summed E-state index contributed by atoms with van der Waals surface area (Å²) < 4.78 is 4.69. The van der Waals surface area contributed by atoms with Gasteiger partial charge in [0, 0.05) is 13.2 Å². The molecule has 160 valence electrons. The Morgan fingerprint density at radius 1 is 0.630 bits per heavy atom. The Bertz CT molecular complexity index is 376. The molecule has 0 unspecified atom stereocenters. The molecule has 27 heavy (non-hydrogen) atoms. The highest BCUT2D eigenvalue weighted by molar-refractivity contribution is 5.68. The van der Waals surface area contributed by atoms with Crippen LogP contribution >= 0.6 is 0 Å². The lowest BCUT2D eigenvalue weighted by atomic mass is 10.2. The van der Waals surface area contributed by atoms with Crippen LogP contribution in [0.4, 0.5) is 0 Å². The number of hydrogen-bond acceptors (Lipinski definition) is 6. The Labute approximate surface area is 158 Å². The number of quaternary nitrogens is 1. The lowest BCUT2D eigenvalue weighted by Gasteiger charge is -2.37. The van der Waals surface area contributed by atoms with Crippen LogP contribution in [0.2, 0.25) is 0 Å². The van der Waals surface area contributed by atoms with Crippen molar-refractivity contribution < 1.29 is 48.8 Å². The largest absolute Gasteiger partial charge is 0.481 e. The number of rotatable bonds is 14. The first-order valence-corrected chi connectivity index (χ1v) is 8.38. The van der Waals surface area contributed by atoms with Crippen LogP contribution in [0.15, 0.2) is 0 Å². The third-order valence-corrected chi connectivity index (χ3v) is 3.61. The van der Waals surface area contributed by atoms with E-state index in [0.29, 0.717) is 0 Å². The molecule has 0 radical (unpaired) electrons. The minimum absolute atomic E-state index is 0. The SMILES string of the molecule is CCOCC.N.O=C(O)CC[N+](CCC(=O)O)(CCC(=O)O)CCC(=O)O. The minimum atomic E-state index is -1.10. The molecule has 0 aromatic heterocycles. The van der Waals surface area contributed by atoms with Gasteiger partial charge in [-0.3, -0.25) is 19.2 Å². The van der Waals surface area contributed by atoms with Crippen molar-refractivity contribution in [3.63, 3.8) is 0 Å². The topological polar surface area (TPSA) is 193 Å². The Balaban J connectivity index is -0.000000844. The fourth-order valence-electron chi connectivity index (χ4n) is 2.21. The number of nitrogens with zero attached hydrogens (tertiary/aromatic N) is 1. The molecular weight excluding hydrogens is 364 g/mol.